The predicted octanol–water partition coefficient (Wildman–Crippen LogP) is 3.43. The predicted molar refractivity (Wildman–Crippen MR) is 96.4 cm³/mol. The molecule has 3 aromatic heterocycles. The number of benzene rings is 1. The van der Waals surface area contributed by atoms with Gasteiger partial charge in [-0.25, -0.2) is 4.98 Å². The molecule has 6 nitrogen and oxygen atoms in total. The van der Waals surface area contributed by atoms with Crippen molar-refractivity contribution in [3.05, 3.63) is 64.9 Å². The standard InChI is InChI=1S/C16H13N5OS2/c22-14(9-12-10-20-6-7-24-16(20)19-12)18-11-2-1-3-13(8-11)21-5-4-17-15(21)23/h1-8,10H,9H2,(H,17,23)(H,18,22). The molecular weight excluding hydrogens is 342 g/mol. The molecule has 0 aliphatic carbocycles. The van der Waals surface area contributed by atoms with Gasteiger partial charge < -0.3 is 10.3 Å². The number of imidazole rings is 2. The SMILES string of the molecule is O=C(Cc1cn2ccsc2n1)Nc1cccc(-n2cc[nH]c2=S)c1. The molecular formula is C16H13N5OS2. The fourth-order valence-electron chi connectivity index (χ4n) is 2.49. The average Bonchev–Trinajstić information content (AvgIpc) is 3.23. The van der Waals surface area contributed by atoms with Crippen LogP contribution < -0.4 is 5.32 Å². The van der Waals surface area contributed by atoms with Gasteiger partial charge in [0.05, 0.1) is 12.1 Å². The van der Waals surface area contributed by atoms with Crippen molar-refractivity contribution in [3.8, 4) is 5.69 Å². The summed E-state index contributed by atoms with van der Waals surface area (Å²) in [6.07, 6.45) is 7.67. The van der Waals surface area contributed by atoms with E-state index in [0.29, 0.717) is 4.77 Å². The zero-order valence-electron chi connectivity index (χ0n) is 12.5. The second kappa shape index (κ2) is 6.06. The third-order valence-electron chi connectivity index (χ3n) is 3.54. The minimum absolute atomic E-state index is 0.101. The van der Waals surface area contributed by atoms with E-state index in [0.717, 1.165) is 22.0 Å². The zero-order chi connectivity index (χ0) is 16.5. The van der Waals surface area contributed by atoms with Crippen LogP contribution in [-0.2, 0) is 11.2 Å². The van der Waals surface area contributed by atoms with Crippen LogP contribution in [0.2, 0.25) is 0 Å². The molecule has 0 radical (unpaired) electrons. The number of amides is 1. The second-order valence-corrected chi connectivity index (χ2v) is 6.50. The van der Waals surface area contributed by atoms with Crippen molar-refractivity contribution in [2.45, 2.75) is 6.42 Å². The summed E-state index contributed by atoms with van der Waals surface area (Å²) in [4.78, 5) is 20.5. The van der Waals surface area contributed by atoms with Gasteiger partial charge in [0.15, 0.2) is 9.73 Å². The Balaban J connectivity index is 1.50. The van der Waals surface area contributed by atoms with Crippen LogP contribution in [-0.4, -0.2) is 24.8 Å². The highest BCUT2D eigenvalue weighted by molar-refractivity contribution is 7.71. The second-order valence-electron chi connectivity index (χ2n) is 5.24. The highest BCUT2D eigenvalue weighted by Crippen LogP contribution is 2.16. The number of carbonyl (C=O) groups excluding carboxylic acids is 1. The number of nitrogens with zero attached hydrogens (tertiary/aromatic N) is 3. The van der Waals surface area contributed by atoms with Crippen LogP contribution in [0.25, 0.3) is 10.6 Å². The van der Waals surface area contributed by atoms with Crippen LogP contribution >= 0.6 is 23.6 Å². The summed E-state index contributed by atoms with van der Waals surface area (Å²) in [5.41, 5.74) is 2.37. The van der Waals surface area contributed by atoms with Crippen molar-refractivity contribution in [2.24, 2.45) is 0 Å². The summed E-state index contributed by atoms with van der Waals surface area (Å²) >= 11 is 6.76. The van der Waals surface area contributed by atoms with Gasteiger partial charge in [0.1, 0.15) is 0 Å². The van der Waals surface area contributed by atoms with Crippen LogP contribution in [0.4, 0.5) is 5.69 Å². The van der Waals surface area contributed by atoms with Gasteiger partial charge >= 0.3 is 0 Å². The van der Waals surface area contributed by atoms with E-state index < -0.39 is 0 Å². The summed E-state index contributed by atoms with van der Waals surface area (Å²) in [5.74, 6) is -0.101. The monoisotopic (exact) mass is 355 g/mol. The Morgan fingerprint density at radius 1 is 1.38 bits per heavy atom. The lowest BCUT2D eigenvalue weighted by Crippen LogP contribution is -2.14. The van der Waals surface area contributed by atoms with Crippen molar-refractivity contribution in [1.29, 1.82) is 0 Å². The lowest BCUT2D eigenvalue weighted by molar-refractivity contribution is -0.115. The van der Waals surface area contributed by atoms with E-state index in [9.17, 15) is 4.79 Å². The molecule has 0 saturated heterocycles. The quantitative estimate of drug-likeness (QED) is 0.551. The topological polar surface area (TPSA) is 67.1 Å². The van der Waals surface area contributed by atoms with Crippen molar-refractivity contribution < 1.29 is 4.79 Å². The smallest absolute Gasteiger partial charge is 0.230 e. The first-order valence-corrected chi connectivity index (χ1v) is 8.55. The maximum Gasteiger partial charge on any atom is 0.230 e. The van der Waals surface area contributed by atoms with Gasteiger partial charge in [-0.15, -0.1) is 11.3 Å². The van der Waals surface area contributed by atoms with Crippen LogP contribution in [0.5, 0.6) is 0 Å². The Morgan fingerprint density at radius 3 is 3.08 bits per heavy atom. The molecule has 2 N–H and O–H groups in total. The number of rotatable bonds is 4. The first kappa shape index (κ1) is 14.9. The molecule has 0 spiro atoms. The van der Waals surface area contributed by atoms with E-state index in [1.54, 1.807) is 17.5 Å². The molecule has 0 atom stereocenters. The zero-order valence-corrected chi connectivity index (χ0v) is 14.1. The normalized spacial score (nSPS) is 11.0. The van der Waals surface area contributed by atoms with Crippen molar-refractivity contribution in [2.75, 3.05) is 5.32 Å². The van der Waals surface area contributed by atoms with Gasteiger partial charge in [0, 0.05) is 41.5 Å². The number of hydrogen-bond acceptors (Lipinski definition) is 4. The minimum atomic E-state index is -0.101. The maximum absolute atomic E-state index is 12.3. The van der Waals surface area contributed by atoms with Gasteiger partial charge in [-0.1, -0.05) is 6.07 Å². The summed E-state index contributed by atoms with van der Waals surface area (Å²) in [7, 11) is 0. The number of fused-ring (bicyclic) bond motifs is 1. The molecule has 4 aromatic rings. The van der Waals surface area contributed by atoms with Gasteiger partial charge in [-0.2, -0.15) is 0 Å². The number of aromatic amines is 1. The molecule has 0 fully saturated rings. The largest absolute Gasteiger partial charge is 0.337 e. The molecule has 8 heteroatoms. The number of nitrogens with one attached hydrogen (secondary N) is 2. The van der Waals surface area contributed by atoms with Crippen molar-refractivity contribution in [1.82, 2.24) is 18.9 Å². The van der Waals surface area contributed by atoms with Gasteiger partial charge in [-0.05, 0) is 30.4 Å². The molecule has 0 aliphatic rings. The first-order chi connectivity index (χ1) is 11.7. The molecule has 4 rings (SSSR count). The number of carbonyl (C=O) groups is 1. The fourth-order valence-corrected chi connectivity index (χ4v) is 3.44. The highest BCUT2D eigenvalue weighted by atomic mass is 32.1. The molecule has 1 amide bonds. The third-order valence-corrected chi connectivity index (χ3v) is 4.63. The Hall–Kier alpha value is -2.71. The number of anilines is 1. The third kappa shape index (κ3) is 2.89. The van der Waals surface area contributed by atoms with Gasteiger partial charge in [0.2, 0.25) is 5.91 Å². The van der Waals surface area contributed by atoms with E-state index in [1.165, 1.54) is 0 Å². The summed E-state index contributed by atoms with van der Waals surface area (Å²) in [6.45, 7) is 0. The minimum Gasteiger partial charge on any atom is -0.337 e. The Morgan fingerprint density at radius 2 is 2.29 bits per heavy atom. The summed E-state index contributed by atoms with van der Waals surface area (Å²) < 4.78 is 4.37. The van der Waals surface area contributed by atoms with Gasteiger partial charge in [-0.3, -0.25) is 13.8 Å². The molecule has 120 valence electrons. The van der Waals surface area contributed by atoms with Crippen LogP contribution in [0.1, 0.15) is 5.69 Å². The molecule has 0 bridgehead atoms. The Labute approximate surface area is 146 Å². The van der Waals surface area contributed by atoms with E-state index in [4.69, 9.17) is 12.2 Å². The molecule has 0 unspecified atom stereocenters. The van der Waals surface area contributed by atoms with E-state index in [1.807, 2.05) is 57.2 Å². The Bertz CT molecular complexity index is 1040. The lowest BCUT2D eigenvalue weighted by Gasteiger charge is -2.07. The number of thiazole rings is 1. The molecule has 24 heavy (non-hydrogen) atoms. The van der Waals surface area contributed by atoms with E-state index in [-0.39, 0.29) is 12.3 Å². The first-order valence-electron chi connectivity index (χ1n) is 7.26. The molecule has 1 aromatic carbocycles. The van der Waals surface area contributed by atoms with Crippen LogP contribution in [0.15, 0.2) is 54.4 Å². The molecule has 3 heterocycles. The van der Waals surface area contributed by atoms with E-state index >= 15 is 0 Å². The highest BCUT2D eigenvalue weighted by Gasteiger charge is 2.09. The Kier molecular flexibility index (Phi) is 3.75. The summed E-state index contributed by atoms with van der Waals surface area (Å²) in [6, 6.07) is 7.55. The van der Waals surface area contributed by atoms with Gasteiger partial charge in [0.25, 0.3) is 0 Å². The van der Waals surface area contributed by atoms with Crippen molar-refractivity contribution in [3.63, 3.8) is 0 Å². The lowest BCUT2D eigenvalue weighted by atomic mass is 10.2. The van der Waals surface area contributed by atoms with E-state index in [2.05, 4.69) is 15.3 Å². The molecule has 0 saturated carbocycles. The molecule has 0 aliphatic heterocycles. The fraction of sp³-hybridized carbons (Fsp3) is 0.0625. The summed E-state index contributed by atoms with van der Waals surface area (Å²) in [5, 5.41) is 4.87. The maximum atomic E-state index is 12.3. The van der Waals surface area contributed by atoms with Crippen molar-refractivity contribution >= 4 is 40.1 Å². The van der Waals surface area contributed by atoms with Crippen LogP contribution in [0, 0.1) is 4.77 Å². The van der Waals surface area contributed by atoms with Crippen LogP contribution in [0.3, 0.4) is 0 Å². The number of H-pyrrole nitrogens is 1. The average molecular weight is 355 g/mol. The number of hydrogen-bond donors (Lipinski definition) is 2. The number of aromatic nitrogens is 4.